The van der Waals surface area contributed by atoms with E-state index in [0.29, 0.717) is 44.9 Å². The van der Waals surface area contributed by atoms with E-state index in [-0.39, 0.29) is 29.6 Å². The average Bonchev–Trinajstić information content (AvgIpc) is 2.90. The number of benzene rings is 1. The Balaban J connectivity index is 1.37. The van der Waals surface area contributed by atoms with E-state index >= 15 is 0 Å². The van der Waals surface area contributed by atoms with Crippen molar-refractivity contribution < 1.29 is 18.8 Å². The maximum absolute atomic E-state index is 13.2. The molecule has 1 aromatic carbocycles. The van der Waals surface area contributed by atoms with Crippen LogP contribution in [0.2, 0.25) is 0 Å². The van der Waals surface area contributed by atoms with E-state index in [1.54, 1.807) is 17.0 Å². The number of imide groups is 1. The van der Waals surface area contributed by atoms with Gasteiger partial charge in [-0.15, -0.1) is 0 Å². The largest absolute Gasteiger partial charge is 0.368 e. The molecule has 1 saturated carbocycles. The maximum Gasteiger partial charge on any atom is 0.325 e. The number of hydrogen-bond acceptors (Lipinski definition) is 4. The summed E-state index contributed by atoms with van der Waals surface area (Å²) in [5.74, 6) is -0.444. The molecule has 8 heteroatoms. The molecule has 4 amide bonds. The van der Waals surface area contributed by atoms with Crippen LogP contribution in [0.15, 0.2) is 24.3 Å². The minimum atomic E-state index is -0.889. The summed E-state index contributed by atoms with van der Waals surface area (Å²) in [6.45, 7) is 8.36. The van der Waals surface area contributed by atoms with Gasteiger partial charge in [0.25, 0.3) is 5.91 Å². The number of carbonyl (C=O) groups is 3. The summed E-state index contributed by atoms with van der Waals surface area (Å²) in [6, 6.07) is 5.84. The molecule has 2 atom stereocenters. The third-order valence-corrected chi connectivity index (χ3v) is 6.74. The van der Waals surface area contributed by atoms with Crippen LogP contribution < -0.4 is 10.2 Å². The van der Waals surface area contributed by atoms with Gasteiger partial charge in [-0.3, -0.25) is 14.5 Å². The lowest BCUT2D eigenvalue weighted by molar-refractivity contribution is -0.140. The SMILES string of the molecule is CC1CC(C)(C)CC2(C1)NC(=O)N(CC(=O)N1CCN(c3ccc(F)cc3)CC1)C2=O. The second-order valence-corrected chi connectivity index (χ2v) is 10.1. The first kappa shape index (κ1) is 21.6. The Morgan fingerprint density at radius 1 is 1.10 bits per heavy atom. The molecule has 1 aliphatic carbocycles. The summed E-state index contributed by atoms with van der Waals surface area (Å²) in [4.78, 5) is 43.7. The van der Waals surface area contributed by atoms with Gasteiger partial charge in [-0.1, -0.05) is 20.8 Å². The number of urea groups is 1. The number of halogens is 1. The van der Waals surface area contributed by atoms with Crippen LogP contribution in [0.3, 0.4) is 0 Å². The van der Waals surface area contributed by atoms with E-state index in [1.165, 1.54) is 12.1 Å². The lowest BCUT2D eigenvalue weighted by Crippen LogP contribution is -2.55. The fraction of sp³-hybridized carbons (Fsp3) is 0.609. The number of carbonyl (C=O) groups excluding carboxylic acids is 3. The fourth-order valence-electron chi connectivity index (χ4n) is 5.75. The van der Waals surface area contributed by atoms with Crippen molar-refractivity contribution in [2.24, 2.45) is 11.3 Å². The molecule has 1 spiro atoms. The van der Waals surface area contributed by atoms with E-state index < -0.39 is 11.6 Å². The molecule has 2 aliphatic heterocycles. The molecule has 168 valence electrons. The normalized spacial score (nSPS) is 28.3. The van der Waals surface area contributed by atoms with Gasteiger partial charge in [-0.25, -0.2) is 9.18 Å². The highest BCUT2D eigenvalue weighted by molar-refractivity contribution is 6.09. The topological polar surface area (TPSA) is 73.0 Å². The van der Waals surface area contributed by atoms with E-state index in [0.717, 1.165) is 17.0 Å². The van der Waals surface area contributed by atoms with Crippen molar-refractivity contribution in [1.82, 2.24) is 15.1 Å². The predicted octanol–water partition coefficient (Wildman–Crippen LogP) is 2.61. The molecule has 4 rings (SSSR count). The summed E-state index contributed by atoms with van der Waals surface area (Å²) in [5, 5.41) is 2.92. The van der Waals surface area contributed by atoms with Gasteiger partial charge < -0.3 is 15.1 Å². The lowest BCUT2D eigenvalue weighted by Gasteiger charge is -2.43. The van der Waals surface area contributed by atoms with Gasteiger partial charge in [-0.05, 0) is 54.9 Å². The summed E-state index contributed by atoms with van der Waals surface area (Å²) < 4.78 is 13.1. The Kier molecular flexibility index (Phi) is 5.43. The van der Waals surface area contributed by atoms with Crippen molar-refractivity contribution in [1.29, 1.82) is 0 Å². The lowest BCUT2D eigenvalue weighted by atomic mass is 9.64. The van der Waals surface area contributed by atoms with Gasteiger partial charge in [0.05, 0.1) is 0 Å². The fourth-order valence-corrected chi connectivity index (χ4v) is 5.75. The summed E-state index contributed by atoms with van der Waals surface area (Å²) in [6.07, 6.45) is 2.22. The summed E-state index contributed by atoms with van der Waals surface area (Å²) in [7, 11) is 0. The molecule has 2 unspecified atom stereocenters. The number of anilines is 1. The first-order valence-corrected chi connectivity index (χ1v) is 11.0. The van der Waals surface area contributed by atoms with Crippen LogP contribution in [0.5, 0.6) is 0 Å². The monoisotopic (exact) mass is 430 g/mol. The Morgan fingerprint density at radius 2 is 1.74 bits per heavy atom. The van der Waals surface area contributed by atoms with E-state index in [4.69, 9.17) is 0 Å². The van der Waals surface area contributed by atoms with Crippen molar-refractivity contribution in [3.8, 4) is 0 Å². The number of nitrogens with zero attached hydrogens (tertiary/aromatic N) is 3. The zero-order valence-electron chi connectivity index (χ0n) is 18.5. The van der Waals surface area contributed by atoms with Gasteiger partial charge >= 0.3 is 6.03 Å². The van der Waals surface area contributed by atoms with Crippen molar-refractivity contribution in [3.63, 3.8) is 0 Å². The van der Waals surface area contributed by atoms with Crippen molar-refractivity contribution >= 4 is 23.5 Å². The molecular weight excluding hydrogens is 399 g/mol. The molecule has 0 aromatic heterocycles. The predicted molar refractivity (Wildman–Crippen MR) is 115 cm³/mol. The number of nitrogens with one attached hydrogen (secondary N) is 1. The summed E-state index contributed by atoms with van der Waals surface area (Å²) >= 11 is 0. The van der Waals surface area contributed by atoms with Gasteiger partial charge in [0, 0.05) is 31.9 Å². The van der Waals surface area contributed by atoms with Gasteiger partial charge in [-0.2, -0.15) is 0 Å². The highest BCUT2D eigenvalue weighted by Crippen LogP contribution is 2.46. The molecule has 1 N–H and O–H groups in total. The molecule has 7 nitrogen and oxygen atoms in total. The van der Waals surface area contributed by atoms with Crippen LogP contribution in [0.25, 0.3) is 0 Å². The highest BCUT2D eigenvalue weighted by atomic mass is 19.1. The van der Waals surface area contributed by atoms with Crippen LogP contribution in [0.1, 0.15) is 40.0 Å². The summed E-state index contributed by atoms with van der Waals surface area (Å²) in [5.41, 5.74) is -0.0181. The molecule has 0 radical (unpaired) electrons. The Morgan fingerprint density at radius 3 is 2.35 bits per heavy atom. The first-order valence-electron chi connectivity index (χ1n) is 11.0. The first-order chi connectivity index (χ1) is 14.6. The van der Waals surface area contributed by atoms with Crippen molar-refractivity contribution in [2.75, 3.05) is 37.6 Å². The van der Waals surface area contributed by atoms with Crippen molar-refractivity contribution in [2.45, 2.75) is 45.6 Å². The zero-order chi connectivity index (χ0) is 22.4. The van der Waals surface area contributed by atoms with Crippen LogP contribution >= 0.6 is 0 Å². The van der Waals surface area contributed by atoms with E-state index in [1.807, 2.05) is 0 Å². The Hall–Kier alpha value is -2.64. The maximum atomic E-state index is 13.2. The van der Waals surface area contributed by atoms with Gasteiger partial charge in [0.15, 0.2) is 0 Å². The second kappa shape index (κ2) is 7.80. The number of rotatable bonds is 3. The zero-order valence-corrected chi connectivity index (χ0v) is 18.5. The quantitative estimate of drug-likeness (QED) is 0.749. The Bertz CT molecular complexity index is 879. The second-order valence-electron chi connectivity index (χ2n) is 10.1. The third-order valence-electron chi connectivity index (χ3n) is 6.74. The van der Waals surface area contributed by atoms with Gasteiger partial charge in [0.2, 0.25) is 5.91 Å². The Labute approximate surface area is 182 Å². The van der Waals surface area contributed by atoms with Crippen LogP contribution in [-0.2, 0) is 9.59 Å². The van der Waals surface area contributed by atoms with Crippen LogP contribution in [0, 0.1) is 17.2 Å². The van der Waals surface area contributed by atoms with Crippen LogP contribution in [0.4, 0.5) is 14.9 Å². The van der Waals surface area contributed by atoms with Crippen LogP contribution in [-0.4, -0.2) is 65.9 Å². The molecule has 0 bridgehead atoms. The smallest absolute Gasteiger partial charge is 0.325 e. The molecular formula is C23H31FN4O3. The molecule has 1 aromatic rings. The number of hydrogen-bond donors (Lipinski definition) is 1. The van der Waals surface area contributed by atoms with Gasteiger partial charge in [0.1, 0.15) is 17.9 Å². The standard InChI is InChI=1S/C23H31FN4O3/c1-16-12-22(2,3)15-23(13-16)20(30)28(21(31)25-23)14-19(29)27-10-8-26(9-11-27)18-6-4-17(24)5-7-18/h4-7,16H,8-15H2,1-3H3,(H,25,31). The van der Waals surface area contributed by atoms with Crippen molar-refractivity contribution in [3.05, 3.63) is 30.1 Å². The molecule has 2 saturated heterocycles. The minimum Gasteiger partial charge on any atom is -0.368 e. The third kappa shape index (κ3) is 4.25. The molecule has 2 heterocycles. The molecule has 3 fully saturated rings. The molecule has 31 heavy (non-hydrogen) atoms. The average molecular weight is 431 g/mol. The number of piperazine rings is 1. The molecule has 3 aliphatic rings. The highest BCUT2D eigenvalue weighted by Gasteiger charge is 2.56. The van der Waals surface area contributed by atoms with E-state index in [2.05, 4.69) is 31.0 Å². The number of amides is 4. The minimum absolute atomic E-state index is 0.0443. The van der Waals surface area contributed by atoms with E-state index in [9.17, 15) is 18.8 Å².